The fourth-order valence-electron chi connectivity index (χ4n) is 6.27. The lowest BCUT2D eigenvalue weighted by molar-refractivity contribution is 0.356. The van der Waals surface area contributed by atoms with Crippen LogP contribution in [0.5, 0.6) is 5.75 Å². The van der Waals surface area contributed by atoms with Crippen molar-refractivity contribution >= 4 is 18.2 Å². The fourth-order valence-corrected chi connectivity index (χ4v) is 6.27. The van der Waals surface area contributed by atoms with Crippen LogP contribution in [0.25, 0.3) is 40.5 Å². The van der Waals surface area contributed by atoms with Gasteiger partial charge < -0.3 is 9.67 Å². The Balaban J connectivity index is 0.000000194. The highest BCUT2D eigenvalue weighted by Gasteiger charge is 2.35. The van der Waals surface area contributed by atoms with Crippen LogP contribution in [0.15, 0.2) is 116 Å². The van der Waals surface area contributed by atoms with Gasteiger partial charge in [-0.25, -0.2) is 0 Å². The van der Waals surface area contributed by atoms with Gasteiger partial charge in [-0.05, 0) is 78.1 Å². The van der Waals surface area contributed by atoms with Crippen molar-refractivity contribution in [2.24, 2.45) is 5.41 Å². The summed E-state index contributed by atoms with van der Waals surface area (Å²) in [6, 6.07) is 33.6. The maximum Gasteiger partial charge on any atom is 0.116 e. The second-order valence-electron chi connectivity index (χ2n) is 13.2. The predicted octanol–water partition coefficient (Wildman–Crippen LogP) is 11.3. The molecule has 0 fully saturated rings. The quantitative estimate of drug-likeness (QED) is 0.148. The molecule has 5 aromatic rings. The first-order valence-corrected chi connectivity index (χ1v) is 15.8. The van der Waals surface area contributed by atoms with Gasteiger partial charge in [0.15, 0.2) is 0 Å². The third-order valence-corrected chi connectivity index (χ3v) is 8.31. The molecule has 0 bridgehead atoms. The second kappa shape index (κ2) is 13.4. The van der Waals surface area contributed by atoms with Crippen molar-refractivity contribution in [3.05, 3.63) is 155 Å². The number of nitrogens with zero attached hydrogens (tertiary/aromatic N) is 1. The standard InChI is InChI=1S/C26H29N.C17H16O/c1-18(2)15-22-24(21-13-11-19(3)12-14-21)25(20-9-7-6-8-10-20)23-16-26(4,5)17-27(22)23;1-3-14-4-6-15(7-5-14)8-9-16-10-13(2)11-17(18)12-16/h6-14H,1,15-17H2,2-5H3;3-12,18H,1H2,2H3/b;9-8+. The molecule has 1 aliphatic rings. The zero-order valence-corrected chi connectivity index (χ0v) is 27.4. The van der Waals surface area contributed by atoms with E-state index >= 15 is 0 Å². The molecule has 45 heavy (non-hydrogen) atoms. The first-order valence-electron chi connectivity index (χ1n) is 15.8. The number of allylic oxidation sites excluding steroid dienone is 1. The van der Waals surface area contributed by atoms with Crippen molar-refractivity contribution in [2.75, 3.05) is 0 Å². The van der Waals surface area contributed by atoms with E-state index in [0.29, 0.717) is 11.2 Å². The molecule has 2 heteroatoms. The van der Waals surface area contributed by atoms with Crippen molar-refractivity contribution in [1.82, 2.24) is 4.57 Å². The summed E-state index contributed by atoms with van der Waals surface area (Å²) >= 11 is 0. The monoisotopic (exact) mass is 591 g/mol. The number of aromatic hydroxyl groups is 1. The number of hydrogen-bond acceptors (Lipinski definition) is 1. The van der Waals surface area contributed by atoms with Crippen molar-refractivity contribution < 1.29 is 5.11 Å². The van der Waals surface area contributed by atoms with E-state index in [1.54, 1.807) is 12.1 Å². The number of hydrogen-bond donors (Lipinski definition) is 1. The lowest BCUT2D eigenvalue weighted by atomic mass is 9.86. The molecule has 0 radical (unpaired) electrons. The normalized spacial score (nSPS) is 13.3. The van der Waals surface area contributed by atoms with Crippen LogP contribution in [0.4, 0.5) is 0 Å². The molecule has 2 heterocycles. The van der Waals surface area contributed by atoms with E-state index in [-0.39, 0.29) is 0 Å². The molecule has 0 unspecified atom stereocenters. The highest BCUT2D eigenvalue weighted by Crippen LogP contribution is 2.47. The zero-order chi connectivity index (χ0) is 32.1. The minimum Gasteiger partial charge on any atom is -0.508 e. The average molecular weight is 592 g/mol. The SMILES string of the molecule is C=C(C)Cc1c(-c2ccc(C)cc2)c(-c2ccccc2)c2n1CC(C)(C)C2.C=Cc1ccc(/C=C/c2cc(C)cc(O)c2)cc1. The third kappa shape index (κ3) is 7.64. The second-order valence-corrected chi connectivity index (χ2v) is 13.2. The van der Waals surface area contributed by atoms with E-state index in [0.717, 1.165) is 41.6 Å². The largest absolute Gasteiger partial charge is 0.508 e. The summed E-state index contributed by atoms with van der Waals surface area (Å²) in [4.78, 5) is 0. The van der Waals surface area contributed by atoms with Crippen LogP contribution in [0.2, 0.25) is 0 Å². The van der Waals surface area contributed by atoms with Gasteiger partial charge in [-0.3, -0.25) is 0 Å². The van der Waals surface area contributed by atoms with Gasteiger partial charge in [0.2, 0.25) is 0 Å². The van der Waals surface area contributed by atoms with Crippen LogP contribution >= 0.6 is 0 Å². The van der Waals surface area contributed by atoms with Crippen molar-refractivity contribution in [1.29, 1.82) is 0 Å². The van der Waals surface area contributed by atoms with Crippen LogP contribution in [-0.2, 0) is 19.4 Å². The summed E-state index contributed by atoms with van der Waals surface area (Å²) in [5.41, 5.74) is 15.5. The summed E-state index contributed by atoms with van der Waals surface area (Å²) < 4.78 is 2.59. The number of aromatic nitrogens is 1. The molecule has 228 valence electrons. The highest BCUT2D eigenvalue weighted by atomic mass is 16.3. The Morgan fingerprint density at radius 2 is 1.40 bits per heavy atom. The van der Waals surface area contributed by atoms with Crippen LogP contribution in [-0.4, -0.2) is 9.67 Å². The predicted molar refractivity (Wildman–Crippen MR) is 194 cm³/mol. The first-order chi connectivity index (χ1) is 21.5. The van der Waals surface area contributed by atoms with Crippen molar-refractivity contribution in [3.8, 4) is 28.0 Å². The third-order valence-electron chi connectivity index (χ3n) is 8.31. The van der Waals surface area contributed by atoms with Crippen molar-refractivity contribution in [2.45, 2.75) is 54.0 Å². The molecule has 0 saturated heterocycles. The molecule has 0 aliphatic carbocycles. The van der Waals surface area contributed by atoms with E-state index in [2.05, 4.69) is 100 Å². The lowest BCUT2D eigenvalue weighted by Gasteiger charge is -2.19. The maximum absolute atomic E-state index is 9.51. The van der Waals surface area contributed by atoms with Crippen LogP contribution in [0.3, 0.4) is 0 Å². The van der Waals surface area contributed by atoms with Crippen LogP contribution < -0.4 is 0 Å². The molecule has 1 N–H and O–H groups in total. The van der Waals surface area contributed by atoms with E-state index in [4.69, 9.17) is 0 Å². The summed E-state index contributed by atoms with van der Waals surface area (Å²) in [6.07, 6.45) is 7.90. The van der Waals surface area contributed by atoms with Gasteiger partial charge >= 0.3 is 0 Å². The van der Waals surface area contributed by atoms with E-state index < -0.39 is 0 Å². The maximum atomic E-state index is 9.51. The molecule has 0 spiro atoms. The van der Waals surface area contributed by atoms with Crippen molar-refractivity contribution in [3.63, 3.8) is 0 Å². The Bertz CT molecular complexity index is 1810. The number of aryl methyl sites for hydroxylation is 2. The van der Waals surface area contributed by atoms with Gasteiger partial charge in [0, 0.05) is 35.5 Å². The molecular weight excluding hydrogens is 546 g/mol. The molecule has 1 aromatic heterocycles. The van der Waals surface area contributed by atoms with Gasteiger partial charge in [-0.15, -0.1) is 0 Å². The number of phenols is 1. The lowest BCUT2D eigenvalue weighted by Crippen LogP contribution is -2.14. The Morgan fingerprint density at radius 3 is 2.02 bits per heavy atom. The number of benzene rings is 4. The Morgan fingerprint density at radius 1 is 0.778 bits per heavy atom. The topological polar surface area (TPSA) is 25.2 Å². The van der Waals surface area contributed by atoms with E-state index in [1.165, 1.54) is 44.8 Å². The summed E-state index contributed by atoms with van der Waals surface area (Å²) in [5.74, 6) is 0.302. The number of phenolic OH excluding ortho intramolecular Hbond substituents is 1. The Labute approximate surface area is 269 Å². The number of fused-ring (bicyclic) bond motifs is 1. The first kappa shape index (κ1) is 31.6. The van der Waals surface area contributed by atoms with E-state index in [9.17, 15) is 5.11 Å². The summed E-state index contributed by atoms with van der Waals surface area (Å²) in [7, 11) is 0. The van der Waals surface area contributed by atoms with Gasteiger partial charge in [0.25, 0.3) is 0 Å². The molecule has 0 atom stereocenters. The molecule has 2 nitrogen and oxygen atoms in total. The molecule has 4 aromatic carbocycles. The summed E-state index contributed by atoms with van der Waals surface area (Å²) in [6.45, 7) is 20.1. The molecule has 6 rings (SSSR count). The molecule has 0 saturated carbocycles. The fraction of sp³-hybridized carbons (Fsp3) is 0.209. The van der Waals surface area contributed by atoms with Gasteiger partial charge in [-0.2, -0.15) is 0 Å². The van der Waals surface area contributed by atoms with Crippen LogP contribution in [0, 0.1) is 19.3 Å². The Hall–Kier alpha value is -4.82. The highest BCUT2D eigenvalue weighted by molar-refractivity contribution is 5.88. The molecular formula is C43H45NO. The summed E-state index contributed by atoms with van der Waals surface area (Å²) in [5, 5.41) is 9.51. The van der Waals surface area contributed by atoms with Gasteiger partial charge in [-0.1, -0.05) is 141 Å². The average Bonchev–Trinajstić information content (AvgIpc) is 3.47. The zero-order valence-electron chi connectivity index (χ0n) is 27.4. The van der Waals surface area contributed by atoms with Crippen LogP contribution in [0.1, 0.15) is 60.0 Å². The molecule has 0 amide bonds. The molecule has 1 aliphatic heterocycles. The number of rotatable bonds is 7. The Kier molecular flexibility index (Phi) is 9.44. The smallest absolute Gasteiger partial charge is 0.116 e. The minimum absolute atomic E-state index is 0.300. The minimum atomic E-state index is 0.300. The van der Waals surface area contributed by atoms with Gasteiger partial charge in [0.1, 0.15) is 5.75 Å². The van der Waals surface area contributed by atoms with E-state index in [1.807, 2.05) is 55.5 Å². The van der Waals surface area contributed by atoms with Gasteiger partial charge in [0.05, 0.1) is 0 Å².